The van der Waals surface area contributed by atoms with E-state index in [0.717, 1.165) is 5.56 Å². The van der Waals surface area contributed by atoms with Gasteiger partial charge < -0.3 is 15.6 Å². The summed E-state index contributed by atoms with van der Waals surface area (Å²) in [5.41, 5.74) is 7.14. The summed E-state index contributed by atoms with van der Waals surface area (Å²) in [6, 6.07) is 10.4. The molecule has 1 aromatic carbocycles. The Balaban J connectivity index is 2.54. The minimum Gasteiger partial charge on any atom is -0.496 e. The molecule has 0 unspecified atom stereocenters. The quantitative estimate of drug-likeness (QED) is 0.862. The predicted octanol–water partition coefficient (Wildman–Crippen LogP) is 2.04. The van der Waals surface area contributed by atoms with Crippen molar-refractivity contribution >= 4 is 11.8 Å². The number of benzene rings is 1. The number of nitrogens with two attached hydrogens (primary N) is 1. The van der Waals surface area contributed by atoms with Gasteiger partial charge in [0.2, 0.25) is 0 Å². The van der Waals surface area contributed by atoms with Crippen molar-refractivity contribution in [3.8, 4) is 16.9 Å². The number of methoxy groups -OCH3 is 1. The highest BCUT2D eigenvalue weighted by Crippen LogP contribution is 2.32. The first-order valence-electron chi connectivity index (χ1n) is 5.26. The van der Waals surface area contributed by atoms with E-state index in [2.05, 4.69) is 4.98 Å². The number of carbonyl (C=O) groups is 1. The number of anilines is 1. The van der Waals surface area contributed by atoms with Gasteiger partial charge in [-0.2, -0.15) is 0 Å². The zero-order chi connectivity index (χ0) is 13.1. The summed E-state index contributed by atoms with van der Waals surface area (Å²) >= 11 is 0. The topological polar surface area (TPSA) is 85.4 Å². The van der Waals surface area contributed by atoms with Crippen LogP contribution in [0.5, 0.6) is 5.75 Å². The fourth-order valence-electron chi connectivity index (χ4n) is 1.69. The number of aromatic carboxylic acids is 1. The number of pyridine rings is 1. The highest BCUT2D eigenvalue weighted by Gasteiger charge is 2.12. The van der Waals surface area contributed by atoms with Gasteiger partial charge in [-0.05, 0) is 18.2 Å². The molecular weight excluding hydrogens is 232 g/mol. The summed E-state index contributed by atoms with van der Waals surface area (Å²) in [5.74, 6) is -0.276. The van der Waals surface area contributed by atoms with Crippen LogP contribution in [0.4, 0.5) is 5.82 Å². The molecule has 0 saturated carbocycles. The molecule has 92 valence electrons. The fraction of sp³-hybridized carbons (Fsp3) is 0.0769. The lowest BCUT2D eigenvalue weighted by molar-refractivity contribution is 0.0690. The second-order valence-electron chi connectivity index (χ2n) is 3.63. The van der Waals surface area contributed by atoms with E-state index in [-0.39, 0.29) is 11.5 Å². The molecule has 1 heterocycles. The zero-order valence-electron chi connectivity index (χ0n) is 9.75. The summed E-state index contributed by atoms with van der Waals surface area (Å²) in [6.07, 6.45) is 0. The SMILES string of the molecule is COc1ccccc1-c1ccc(C(=O)O)nc1N. The Morgan fingerprint density at radius 3 is 2.56 bits per heavy atom. The van der Waals surface area contributed by atoms with Gasteiger partial charge in [0.05, 0.1) is 7.11 Å². The standard InChI is InChI=1S/C13H12N2O3/c1-18-11-5-3-2-4-8(11)9-6-7-10(13(16)17)15-12(9)14/h2-7H,1H3,(H2,14,15)(H,16,17). The summed E-state index contributed by atoms with van der Waals surface area (Å²) in [6.45, 7) is 0. The molecule has 0 fully saturated rings. The molecule has 0 atom stereocenters. The highest BCUT2D eigenvalue weighted by atomic mass is 16.5. The highest BCUT2D eigenvalue weighted by molar-refractivity contribution is 5.88. The first-order valence-corrected chi connectivity index (χ1v) is 5.26. The van der Waals surface area contributed by atoms with Gasteiger partial charge in [0.25, 0.3) is 0 Å². The number of hydrogen-bond donors (Lipinski definition) is 2. The third kappa shape index (κ3) is 2.10. The number of carboxylic acids is 1. The molecule has 18 heavy (non-hydrogen) atoms. The minimum atomic E-state index is -1.10. The van der Waals surface area contributed by atoms with Crippen molar-refractivity contribution in [2.45, 2.75) is 0 Å². The fourth-order valence-corrected chi connectivity index (χ4v) is 1.69. The molecule has 0 amide bonds. The van der Waals surface area contributed by atoms with Crippen LogP contribution in [0, 0.1) is 0 Å². The van der Waals surface area contributed by atoms with E-state index in [1.807, 2.05) is 18.2 Å². The lowest BCUT2D eigenvalue weighted by Gasteiger charge is -2.10. The first-order chi connectivity index (χ1) is 8.63. The Kier molecular flexibility index (Phi) is 3.14. The van der Waals surface area contributed by atoms with Crippen LogP contribution >= 0.6 is 0 Å². The van der Waals surface area contributed by atoms with Crippen LogP contribution in [0.15, 0.2) is 36.4 Å². The van der Waals surface area contributed by atoms with Crippen molar-refractivity contribution in [2.24, 2.45) is 0 Å². The smallest absolute Gasteiger partial charge is 0.354 e. The lowest BCUT2D eigenvalue weighted by Crippen LogP contribution is -2.04. The van der Waals surface area contributed by atoms with E-state index < -0.39 is 5.97 Å². The van der Waals surface area contributed by atoms with Crippen LogP contribution < -0.4 is 10.5 Å². The van der Waals surface area contributed by atoms with Gasteiger partial charge in [-0.3, -0.25) is 0 Å². The van der Waals surface area contributed by atoms with Gasteiger partial charge in [-0.15, -0.1) is 0 Å². The van der Waals surface area contributed by atoms with Crippen LogP contribution in [0.3, 0.4) is 0 Å². The van der Waals surface area contributed by atoms with E-state index >= 15 is 0 Å². The lowest BCUT2D eigenvalue weighted by atomic mass is 10.1. The number of ether oxygens (including phenoxy) is 1. The largest absolute Gasteiger partial charge is 0.496 e. The van der Waals surface area contributed by atoms with E-state index in [9.17, 15) is 4.79 Å². The Morgan fingerprint density at radius 2 is 1.94 bits per heavy atom. The number of rotatable bonds is 3. The molecule has 0 saturated heterocycles. The number of para-hydroxylation sites is 1. The Hall–Kier alpha value is -2.56. The molecule has 0 aliphatic carbocycles. The third-order valence-electron chi connectivity index (χ3n) is 2.54. The Morgan fingerprint density at radius 1 is 1.22 bits per heavy atom. The molecule has 0 spiro atoms. The van der Waals surface area contributed by atoms with Crippen molar-refractivity contribution in [3.63, 3.8) is 0 Å². The minimum absolute atomic E-state index is 0.0776. The van der Waals surface area contributed by atoms with Crippen LogP contribution in [0.25, 0.3) is 11.1 Å². The average molecular weight is 244 g/mol. The Bertz CT molecular complexity index is 597. The van der Waals surface area contributed by atoms with Crippen molar-refractivity contribution in [1.29, 1.82) is 0 Å². The maximum Gasteiger partial charge on any atom is 0.354 e. The predicted molar refractivity (Wildman–Crippen MR) is 67.6 cm³/mol. The van der Waals surface area contributed by atoms with E-state index in [0.29, 0.717) is 11.3 Å². The van der Waals surface area contributed by atoms with Gasteiger partial charge in [0, 0.05) is 11.1 Å². The molecule has 5 heteroatoms. The van der Waals surface area contributed by atoms with E-state index in [1.54, 1.807) is 19.2 Å². The Labute approximate surface area is 104 Å². The molecule has 0 aliphatic rings. The molecule has 2 rings (SSSR count). The van der Waals surface area contributed by atoms with Crippen LogP contribution in [-0.2, 0) is 0 Å². The van der Waals surface area contributed by atoms with Crippen LogP contribution in [-0.4, -0.2) is 23.2 Å². The summed E-state index contributed by atoms with van der Waals surface area (Å²) in [7, 11) is 1.56. The number of hydrogen-bond acceptors (Lipinski definition) is 4. The molecule has 3 N–H and O–H groups in total. The van der Waals surface area contributed by atoms with Gasteiger partial charge in [-0.25, -0.2) is 9.78 Å². The normalized spacial score (nSPS) is 10.1. The monoisotopic (exact) mass is 244 g/mol. The second kappa shape index (κ2) is 4.75. The van der Waals surface area contributed by atoms with E-state index in [4.69, 9.17) is 15.6 Å². The van der Waals surface area contributed by atoms with Gasteiger partial charge in [-0.1, -0.05) is 18.2 Å². The number of nitrogens with zero attached hydrogens (tertiary/aromatic N) is 1. The van der Waals surface area contributed by atoms with Crippen molar-refractivity contribution < 1.29 is 14.6 Å². The molecule has 0 aliphatic heterocycles. The molecule has 1 aromatic heterocycles. The first kappa shape index (κ1) is 11.9. The summed E-state index contributed by atoms with van der Waals surface area (Å²) in [4.78, 5) is 14.6. The number of aromatic nitrogens is 1. The molecule has 0 radical (unpaired) electrons. The van der Waals surface area contributed by atoms with Crippen molar-refractivity contribution in [3.05, 3.63) is 42.1 Å². The third-order valence-corrected chi connectivity index (χ3v) is 2.54. The summed E-state index contributed by atoms with van der Waals surface area (Å²) in [5, 5.41) is 8.83. The molecular formula is C13H12N2O3. The van der Waals surface area contributed by atoms with Crippen molar-refractivity contribution in [1.82, 2.24) is 4.98 Å². The van der Waals surface area contributed by atoms with E-state index in [1.165, 1.54) is 6.07 Å². The average Bonchev–Trinajstić information content (AvgIpc) is 2.38. The van der Waals surface area contributed by atoms with Crippen LogP contribution in [0.2, 0.25) is 0 Å². The van der Waals surface area contributed by atoms with Crippen molar-refractivity contribution in [2.75, 3.05) is 12.8 Å². The van der Waals surface area contributed by atoms with Gasteiger partial charge in [0.1, 0.15) is 11.6 Å². The molecule has 2 aromatic rings. The van der Waals surface area contributed by atoms with Gasteiger partial charge in [0.15, 0.2) is 5.69 Å². The number of carboxylic acid groups (broad SMARTS) is 1. The zero-order valence-corrected chi connectivity index (χ0v) is 9.75. The second-order valence-corrected chi connectivity index (χ2v) is 3.63. The summed E-state index contributed by atoms with van der Waals surface area (Å²) < 4.78 is 5.23. The maximum absolute atomic E-state index is 10.8. The van der Waals surface area contributed by atoms with Crippen LogP contribution in [0.1, 0.15) is 10.5 Å². The molecule has 5 nitrogen and oxygen atoms in total. The number of nitrogen functional groups attached to an aromatic ring is 1. The molecule has 0 bridgehead atoms. The maximum atomic E-state index is 10.8. The van der Waals surface area contributed by atoms with Gasteiger partial charge >= 0.3 is 5.97 Å².